The summed E-state index contributed by atoms with van der Waals surface area (Å²) < 4.78 is 5.46. The molecule has 2 fully saturated rings. The standard InChI is InChI=1S/C30H43NO5S/c1-4-36-30(35)26-19-14-12-10-8-6-5-7-9-11-13-15-22(19)37-28(26)31-27(32)24-20-16-17-21(23(20)18(2)3)25(24)29(33)34/h20-21,24-25H,4-17H2,1-3H3,(H,31,32)(H,33,34)/t20-,21-,24-,25+/m1/s1. The maximum absolute atomic E-state index is 13.8. The molecule has 1 heterocycles. The normalized spacial score (nSPS) is 26.4. The van der Waals surface area contributed by atoms with Crippen LogP contribution in [0.15, 0.2) is 11.1 Å². The summed E-state index contributed by atoms with van der Waals surface area (Å²) in [5.41, 5.74) is 3.83. The third kappa shape index (κ3) is 5.97. The summed E-state index contributed by atoms with van der Waals surface area (Å²) in [5.74, 6) is -2.97. The van der Waals surface area contributed by atoms with E-state index in [1.807, 2.05) is 13.8 Å². The van der Waals surface area contributed by atoms with Crippen LogP contribution in [-0.4, -0.2) is 29.6 Å². The highest BCUT2D eigenvalue weighted by Gasteiger charge is 2.57. The van der Waals surface area contributed by atoms with E-state index in [-0.39, 0.29) is 30.3 Å². The Hall–Kier alpha value is -2.15. The Labute approximate surface area is 225 Å². The van der Waals surface area contributed by atoms with Crippen LogP contribution >= 0.6 is 11.3 Å². The minimum Gasteiger partial charge on any atom is -0.481 e. The molecule has 3 aliphatic carbocycles. The fourth-order valence-corrected chi connectivity index (χ4v) is 8.39. The Kier molecular flexibility index (Phi) is 9.49. The van der Waals surface area contributed by atoms with E-state index in [1.54, 1.807) is 6.92 Å². The number of hydrogen-bond donors (Lipinski definition) is 2. The number of fused-ring (bicyclic) bond motifs is 3. The number of amides is 1. The van der Waals surface area contributed by atoms with Gasteiger partial charge in [-0.3, -0.25) is 9.59 Å². The number of thiophene rings is 1. The molecule has 2 saturated carbocycles. The first-order valence-electron chi connectivity index (χ1n) is 14.4. The van der Waals surface area contributed by atoms with Crippen molar-refractivity contribution in [3.63, 3.8) is 0 Å². The van der Waals surface area contributed by atoms with E-state index in [1.165, 1.54) is 54.7 Å². The Morgan fingerprint density at radius 3 is 2.03 bits per heavy atom. The summed E-state index contributed by atoms with van der Waals surface area (Å²) in [6.07, 6.45) is 14.1. The molecule has 0 radical (unpaired) electrons. The van der Waals surface area contributed by atoms with Crippen molar-refractivity contribution in [3.05, 3.63) is 27.2 Å². The van der Waals surface area contributed by atoms with Gasteiger partial charge in [-0.1, -0.05) is 56.1 Å². The van der Waals surface area contributed by atoms with Gasteiger partial charge in [0.25, 0.3) is 0 Å². The zero-order valence-electron chi connectivity index (χ0n) is 22.7. The maximum atomic E-state index is 13.8. The lowest BCUT2D eigenvalue weighted by Gasteiger charge is -2.26. The largest absolute Gasteiger partial charge is 0.481 e. The Morgan fingerprint density at radius 1 is 0.892 bits per heavy atom. The van der Waals surface area contributed by atoms with Crippen LogP contribution in [0.2, 0.25) is 0 Å². The van der Waals surface area contributed by atoms with Gasteiger partial charge >= 0.3 is 11.9 Å². The molecule has 1 aromatic rings. The van der Waals surface area contributed by atoms with Crippen LogP contribution < -0.4 is 5.32 Å². The van der Waals surface area contributed by atoms with Crippen LogP contribution in [0.3, 0.4) is 0 Å². The van der Waals surface area contributed by atoms with Gasteiger partial charge in [0.15, 0.2) is 0 Å². The van der Waals surface area contributed by atoms with Gasteiger partial charge in [0.1, 0.15) is 5.00 Å². The number of ether oxygens (including phenoxy) is 1. The zero-order chi connectivity index (χ0) is 26.5. The van der Waals surface area contributed by atoms with Crippen molar-refractivity contribution in [2.75, 3.05) is 11.9 Å². The van der Waals surface area contributed by atoms with E-state index in [0.717, 1.165) is 61.7 Å². The number of anilines is 1. The highest BCUT2D eigenvalue weighted by atomic mass is 32.1. The molecule has 204 valence electrons. The molecule has 0 spiro atoms. The van der Waals surface area contributed by atoms with Gasteiger partial charge in [-0.25, -0.2) is 4.79 Å². The van der Waals surface area contributed by atoms with Crippen molar-refractivity contribution >= 4 is 34.2 Å². The molecule has 0 aliphatic heterocycles. The molecule has 0 saturated heterocycles. The van der Waals surface area contributed by atoms with E-state index in [0.29, 0.717) is 10.6 Å². The van der Waals surface area contributed by atoms with Crippen molar-refractivity contribution in [2.24, 2.45) is 23.7 Å². The number of carbonyl (C=O) groups excluding carboxylic acids is 2. The molecule has 7 heteroatoms. The molecule has 2 bridgehead atoms. The maximum Gasteiger partial charge on any atom is 0.341 e. The topological polar surface area (TPSA) is 92.7 Å². The highest BCUT2D eigenvalue weighted by Crippen LogP contribution is 2.57. The second-order valence-electron chi connectivity index (χ2n) is 11.2. The van der Waals surface area contributed by atoms with Crippen LogP contribution in [-0.2, 0) is 27.2 Å². The van der Waals surface area contributed by atoms with Crippen LogP contribution in [0.25, 0.3) is 0 Å². The fraction of sp³-hybridized carbons (Fsp3) is 0.700. The van der Waals surface area contributed by atoms with Gasteiger partial charge in [0, 0.05) is 4.88 Å². The number of esters is 1. The molecule has 2 N–H and O–H groups in total. The Morgan fingerprint density at radius 2 is 1.46 bits per heavy atom. The second kappa shape index (κ2) is 12.6. The monoisotopic (exact) mass is 529 g/mol. The van der Waals surface area contributed by atoms with Crippen LogP contribution in [0, 0.1) is 23.7 Å². The minimum atomic E-state index is -0.897. The molecule has 3 aliphatic rings. The third-order valence-electron chi connectivity index (χ3n) is 8.64. The van der Waals surface area contributed by atoms with Gasteiger partial charge in [0.05, 0.1) is 24.0 Å². The Bertz CT molecular complexity index is 1040. The van der Waals surface area contributed by atoms with Gasteiger partial charge < -0.3 is 15.2 Å². The lowest BCUT2D eigenvalue weighted by molar-refractivity contribution is -0.148. The molecule has 1 amide bonds. The van der Waals surface area contributed by atoms with Gasteiger partial charge in [0.2, 0.25) is 5.91 Å². The molecule has 37 heavy (non-hydrogen) atoms. The molecular weight excluding hydrogens is 486 g/mol. The first-order valence-corrected chi connectivity index (χ1v) is 15.2. The number of carbonyl (C=O) groups is 3. The molecule has 0 aromatic carbocycles. The van der Waals surface area contributed by atoms with Crippen LogP contribution in [0.4, 0.5) is 5.00 Å². The Balaban J connectivity index is 1.65. The van der Waals surface area contributed by atoms with Crippen LogP contribution in [0.5, 0.6) is 0 Å². The van der Waals surface area contributed by atoms with E-state index >= 15 is 0 Å². The SMILES string of the molecule is CCOC(=O)c1c(NC(=O)[C@H]2[C@@H](C(=O)O)[C@@H]3CC[C@@H]2C3=C(C)C)sc2c1CCCCCCCCCCC2. The van der Waals surface area contributed by atoms with E-state index < -0.39 is 17.8 Å². The smallest absolute Gasteiger partial charge is 0.341 e. The van der Waals surface area contributed by atoms with Crippen molar-refractivity contribution in [2.45, 2.75) is 104 Å². The van der Waals surface area contributed by atoms with Crippen molar-refractivity contribution in [3.8, 4) is 0 Å². The summed E-state index contributed by atoms with van der Waals surface area (Å²) in [4.78, 5) is 40.4. The number of nitrogens with one attached hydrogen (secondary N) is 1. The quantitative estimate of drug-likeness (QED) is 0.312. The molecule has 4 rings (SSSR count). The van der Waals surface area contributed by atoms with Crippen molar-refractivity contribution < 1.29 is 24.2 Å². The van der Waals surface area contributed by atoms with Crippen LogP contribution in [0.1, 0.15) is 112 Å². The summed E-state index contributed by atoms with van der Waals surface area (Å²) in [6.45, 7) is 6.12. The second-order valence-corrected chi connectivity index (χ2v) is 12.3. The third-order valence-corrected chi connectivity index (χ3v) is 9.85. The number of carboxylic acid groups (broad SMARTS) is 1. The number of allylic oxidation sites excluding steroid dienone is 2. The number of rotatable bonds is 5. The summed E-state index contributed by atoms with van der Waals surface area (Å²) in [6, 6.07) is 0. The van der Waals surface area contributed by atoms with Gasteiger partial charge in [-0.05, 0) is 76.7 Å². The molecule has 1 aromatic heterocycles. The number of carboxylic acids is 1. The predicted octanol–water partition coefficient (Wildman–Crippen LogP) is 7.17. The zero-order valence-corrected chi connectivity index (χ0v) is 23.5. The minimum absolute atomic E-state index is 0.0356. The number of aryl methyl sites for hydroxylation is 1. The number of aliphatic carboxylic acids is 1. The first-order chi connectivity index (χ1) is 17.8. The highest BCUT2D eigenvalue weighted by molar-refractivity contribution is 7.17. The molecule has 4 atom stereocenters. The van der Waals surface area contributed by atoms with Crippen molar-refractivity contribution in [1.29, 1.82) is 0 Å². The van der Waals surface area contributed by atoms with Crippen molar-refractivity contribution in [1.82, 2.24) is 0 Å². The number of hydrogen-bond acceptors (Lipinski definition) is 5. The molecule has 6 nitrogen and oxygen atoms in total. The molecule has 0 unspecified atom stereocenters. The summed E-state index contributed by atoms with van der Waals surface area (Å²) >= 11 is 1.50. The lowest BCUT2D eigenvalue weighted by Crippen LogP contribution is -2.38. The summed E-state index contributed by atoms with van der Waals surface area (Å²) in [5, 5.41) is 13.7. The molecular formula is C30H43NO5S. The average molecular weight is 530 g/mol. The fourth-order valence-electron chi connectivity index (χ4n) is 7.11. The first kappa shape index (κ1) is 27.9. The lowest BCUT2D eigenvalue weighted by atomic mass is 9.78. The predicted molar refractivity (Wildman–Crippen MR) is 147 cm³/mol. The van der Waals surface area contributed by atoms with E-state index in [2.05, 4.69) is 5.32 Å². The average Bonchev–Trinajstić information content (AvgIpc) is 3.52. The van der Waals surface area contributed by atoms with E-state index in [4.69, 9.17) is 4.74 Å². The van der Waals surface area contributed by atoms with Gasteiger partial charge in [-0.15, -0.1) is 11.3 Å². The summed E-state index contributed by atoms with van der Waals surface area (Å²) in [7, 11) is 0. The van der Waals surface area contributed by atoms with E-state index in [9.17, 15) is 19.5 Å². The van der Waals surface area contributed by atoms with Gasteiger partial charge in [-0.2, -0.15) is 0 Å².